The van der Waals surface area contributed by atoms with Crippen molar-refractivity contribution < 1.29 is 5.11 Å². The normalized spacial score (nSPS) is 12.1. The highest BCUT2D eigenvalue weighted by molar-refractivity contribution is 8.03. The molecular weight excluding hydrogens is 228 g/mol. The second kappa shape index (κ2) is 5.71. The molecule has 1 unspecified atom stereocenters. The van der Waals surface area contributed by atoms with Gasteiger partial charge in [0.1, 0.15) is 6.10 Å². The maximum Gasteiger partial charge on any atom is 0.110 e. The third kappa shape index (κ3) is 3.22. The van der Waals surface area contributed by atoms with Crippen molar-refractivity contribution in [3.8, 4) is 0 Å². The van der Waals surface area contributed by atoms with E-state index < -0.39 is 6.10 Å². The molecule has 0 aliphatic heterocycles. The first-order chi connectivity index (χ1) is 8.27. The van der Waals surface area contributed by atoms with Crippen LogP contribution in [-0.2, 0) is 0 Å². The quantitative estimate of drug-likeness (QED) is 0.817. The van der Waals surface area contributed by atoms with Crippen molar-refractivity contribution in [2.24, 2.45) is 0 Å². The molecule has 0 aliphatic rings. The Balaban J connectivity index is 2.06. The van der Waals surface area contributed by atoms with Gasteiger partial charge in [-0.2, -0.15) is 0 Å². The van der Waals surface area contributed by atoms with Gasteiger partial charge in [-0.3, -0.25) is 0 Å². The zero-order valence-corrected chi connectivity index (χ0v) is 10.2. The molecule has 0 aliphatic carbocycles. The highest BCUT2D eigenvalue weighted by Crippen LogP contribution is 2.34. The van der Waals surface area contributed by atoms with E-state index in [0.29, 0.717) is 0 Å². The van der Waals surface area contributed by atoms with Gasteiger partial charge in [0.05, 0.1) is 0 Å². The van der Waals surface area contributed by atoms with Crippen LogP contribution in [0.4, 0.5) is 0 Å². The van der Waals surface area contributed by atoms with Crippen LogP contribution in [0.25, 0.3) is 0 Å². The number of benzene rings is 2. The third-order valence-electron chi connectivity index (χ3n) is 2.41. The van der Waals surface area contributed by atoms with Gasteiger partial charge < -0.3 is 5.11 Å². The molecule has 0 heterocycles. The van der Waals surface area contributed by atoms with Crippen LogP contribution < -0.4 is 0 Å². The number of hydrogen-bond acceptors (Lipinski definition) is 2. The monoisotopic (exact) mass is 242 g/mol. The lowest BCUT2D eigenvalue weighted by atomic mass is 10.1. The lowest BCUT2D eigenvalue weighted by Gasteiger charge is -2.13. The Morgan fingerprint density at radius 2 is 1.47 bits per heavy atom. The Morgan fingerprint density at radius 1 is 0.941 bits per heavy atom. The summed E-state index contributed by atoms with van der Waals surface area (Å²) in [6.45, 7) is 3.94. The first kappa shape index (κ1) is 12.0. The lowest BCUT2D eigenvalue weighted by Crippen LogP contribution is -1.97. The Bertz CT molecular complexity index is 479. The van der Waals surface area contributed by atoms with Gasteiger partial charge >= 0.3 is 0 Å². The van der Waals surface area contributed by atoms with E-state index in [1.54, 1.807) is 0 Å². The SMILES string of the molecule is C=C(Sc1ccccc1)C(O)c1ccccc1. The van der Waals surface area contributed by atoms with E-state index in [2.05, 4.69) is 6.58 Å². The molecule has 2 aromatic carbocycles. The number of aliphatic hydroxyl groups excluding tert-OH is 1. The van der Waals surface area contributed by atoms with Crippen LogP contribution in [-0.4, -0.2) is 5.11 Å². The standard InChI is InChI=1S/C15H14OS/c1-12(17-14-10-6-3-7-11-14)15(16)13-8-4-2-5-9-13/h2-11,15-16H,1H2. The fourth-order valence-corrected chi connectivity index (χ4v) is 2.36. The number of rotatable bonds is 4. The van der Waals surface area contributed by atoms with Crippen LogP contribution in [0.5, 0.6) is 0 Å². The number of aliphatic hydroxyl groups is 1. The van der Waals surface area contributed by atoms with Crippen molar-refractivity contribution in [3.63, 3.8) is 0 Å². The summed E-state index contributed by atoms with van der Waals surface area (Å²) in [5.41, 5.74) is 0.876. The second-order valence-corrected chi connectivity index (χ2v) is 4.89. The predicted molar refractivity (Wildman–Crippen MR) is 72.8 cm³/mol. The molecule has 0 amide bonds. The van der Waals surface area contributed by atoms with Crippen LogP contribution in [0.1, 0.15) is 11.7 Å². The molecule has 1 N–H and O–H groups in total. The van der Waals surface area contributed by atoms with E-state index >= 15 is 0 Å². The highest BCUT2D eigenvalue weighted by Gasteiger charge is 2.11. The second-order valence-electron chi connectivity index (χ2n) is 3.69. The first-order valence-corrected chi connectivity index (χ1v) is 6.24. The maximum atomic E-state index is 10.1. The zero-order chi connectivity index (χ0) is 12.1. The Labute approximate surface area is 106 Å². The van der Waals surface area contributed by atoms with Gasteiger partial charge in [-0.1, -0.05) is 66.9 Å². The minimum Gasteiger partial charge on any atom is -0.383 e. The molecule has 17 heavy (non-hydrogen) atoms. The van der Waals surface area contributed by atoms with Gasteiger partial charge in [-0.05, 0) is 17.7 Å². The fourth-order valence-electron chi connectivity index (χ4n) is 1.52. The van der Waals surface area contributed by atoms with Crippen molar-refractivity contribution in [3.05, 3.63) is 77.7 Å². The average molecular weight is 242 g/mol. The summed E-state index contributed by atoms with van der Waals surface area (Å²) in [6, 6.07) is 19.5. The van der Waals surface area contributed by atoms with Crippen molar-refractivity contribution in [2.75, 3.05) is 0 Å². The molecule has 0 aromatic heterocycles. The van der Waals surface area contributed by atoms with Crippen LogP contribution in [0.2, 0.25) is 0 Å². The van der Waals surface area contributed by atoms with Crippen LogP contribution in [0.15, 0.2) is 77.0 Å². The van der Waals surface area contributed by atoms with Crippen LogP contribution in [0, 0.1) is 0 Å². The Hall–Kier alpha value is -1.51. The molecule has 2 heteroatoms. The fraction of sp³-hybridized carbons (Fsp3) is 0.0667. The van der Waals surface area contributed by atoms with Crippen molar-refractivity contribution in [2.45, 2.75) is 11.0 Å². The van der Waals surface area contributed by atoms with Crippen LogP contribution in [0.3, 0.4) is 0 Å². The molecule has 0 spiro atoms. The van der Waals surface area contributed by atoms with Crippen molar-refractivity contribution in [1.82, 2.24) is 0 Å². The van der Waals surface area contributed by atoms with Gasteiger partial charge in [-0.25, -0.2) is 0 Å². The third-order valence-corrected chi connectivity index (χ3v) is 3.41. The van der Waals surface area contributed by atoms with Gasteiger partial charge in [0, 0.05) is 9.80 Å². The van der Waals surface area contributed by atoms with Crippen LogP contribution >= 0.6 is 11.8 Å². The summed E-state index contributed by atoms with van der Waals surface area (Å²) in [4.78, 5) is 1.83. The number of thioether (sulfide) groups is 1. The van der Waals surface area contributed by atoms with E-state index in [4.69, 9.17) is 0 Å². The first-order valence-electron chi connectivity index (χ1n) is 5.42. The van der Waals surface area contributed by atoms with E-state index in [1.807, 2.05) is 60.7 Å². The molecular formula is C15H14OS. The minimum absolute atomic E-state index is 0.624. The molecule has 86 valence electrons. The Kier molecular flexibility index (Phi) is 4.02. The smallest absolute Gasteiger partial charge is 0.110 e. The minimum atomic E-state index is -0.624. The summed E-state index contributed by atoms with van der Waals surface area (Å²) < 4.78 is 0. The molecule has 1 atom stereocenters. The molecule has 0 fully saturated rings. The topological polar surface area (TPSA) is 20.2 Å². The highest BCUT2D eigenvalue weighted by atomic mass is 32.2. The van der Waals surface area contributed by atoms with Gasteiger partial charge in [-0.15, -0.1) is 0 Å². The molecule has 0 radical (unpaired) electrons. The van der Waals surface area contributed by atoms with Gasteiger partial charge in [0.15, 0.2) is 0 Å². The maximum absolute atomic E-state index is 10.1. The largest absolute Gasteiger partial charge is 0.383 e. The van der Waals surface area contributed by atoms with Crippen molar-refractivity contribution >= 4 is 11.8 Å². The summed E-state index contributed by atoms with van der Waals surface area (Å²) in [7, 11) is 0. The summed E-state index contributed by atoms with van der Waals surface area (Å²) in [5, 5.41) is 10.1. The van der Waals surface area contributed by atoms with Gasteiger partial charge in [0.2, 0.25) is 0 Å². The molecule has 2 aromatic rings. The van der Waals surface area contributed by atoms with E-state index in [9.17, 15) is 5.11 Å². The lowest BCUT2D eigenvalue weighted by molar-refractivity contribution is 0.225. The van der Waals surface area contributed by atoms with E-state index in [1.165, 1.54) is 11.8 Å². The molecule has 0 saturated heterocycles. The molecule has 0 bridgehead atoms. The number of hydrogen-bond donors (Lipinski definition) is 1. The van der Waals surface area contributed by atoms with Gasteiger partial charge in [0.25, 0.3) is 0 Å². The zero-order valence-electron chi connectivity index (χ0n) is 9.41. The van der Waals surface area contributed by atoms with E-state index in [-0.39, 0.29) is 0 Å². The molecule has 0 saturated carbocycles. The average Bonchev–Trinajstić information content (AvgIpc) is 2.40. The van der Waals surface area contributed by atoms with E-state index in [0.717, 1.165) is 15.4 Å². The Morgan fingerprint density at radius 3 is 2.06 bits per heavy atom. The van der Waals surface area contributed by atoms with Crippen molar-refractivity contribution in [1.29, 1.82) is 0 Å². The predicted octanol–water partition coefficient (Wildman–Crippen LogP) is 4.03. The summed E-state index contributed by atoms with van der Waals surface area (Å²) in [5.74, 6) is 0. The summed E-state index contributed by atoms with van der Waals surface area (Å²) >= 11 is 1.50. The molecule has 2 rings (SSSR count). The molecule has 1 nitrogen and oxygen atoms in total. The summed E-state index contributed by atoms with van der Waals surface area (Å²) in [6.07, 6.45) is -0.624.